The fourth-order valence-corrected chi connectivity index (χ4v) is 4.62. The third kappa shape index (κ3) is 4.66. The molecule has 2 heterocycles. The van der Waals surface area contributed by atoms with Gasteiger partial charge in [-0.25, -0.2) is 12.8 Å². The van der Waals surface area contributed by atoms with Crippen molar-refractivity contribution >= 4 is 21.7 Å². The fourth-order valence-electron chi connectivity index (χ4n) is 4.07. The summed E-state index contributed by atoms with van der Waals surface area (Å²) in [5.74, 6) is -0.552. The molecule has 0 bridgehead atoms. The van der Waals surface area contributed by atoms with Crippen LogP contribution < -0.4 is 0 Å². The van der Waals surface area contributed by atoms with Gasteiger partial charge >= 0.3 is 0 Å². The summed E-state index contributed by atoms with van der Waals surface area (Å²) in [4.78, 5) is 28.3. The second-order valence-electron chi connectivity index (χ2n) is 7.59. The first-order valence-electron chi connectivity index (χ1n) is 9.19. The molecule has 1 aromatic rings. The van der Waals surface area contributed by atoms with E-state index in [-0.39, 0.29) is 35.3 Å². The summed E-state index contributed by atoms with van der Waals surface area (Å²) in [7, 11) is -3.17. The average molecular weight is 396 g/mol. The molecule has 0 unspecified atom stereocenters. The van der Waals surface area contributed by atoms with Crippen molar-refractivity contribution in [2.75, 3.05) is 25.1 Å². The van der Waals surface area contributed by atoms with Crippen LogP contribution in [0, 0.1) is 5.82 Å². The zero-order chi connectivity index (χ0) is 19.7. The quantitative estimate of drug-likeness (QED) is 0.760. The first kappa shape index (κ1) is 19.8. The number of benzene rings is 1. The van der Waals surface area contributed by atoms with E-state index in [1.807, 2.05) is 11.0 Å². The highest BCUT2D eigenvalue weighted by Crippen LogP contribution is 2.40. The molecular weight excluding hydrogens is 371 g/mol. The van der Waals surface area contributed by atoms with E-state index in [0.29, 0.717) is 38.9 Å². The molecule has 3 rings (SSSR count). The van der Waals surface area contributed by atoms with Crippen LogP contribution in [-0.2, 0) is 26.0 Å². The molecule has 0 saturated carbocycles. The number of carbonyl (C=O) groups is 2. The van der Waals surface area contributed by atoms with Gasteiger partial charge in [-0.05, 0) is 37.0 Å². The Labute approximate surface area is 159 Å². The maximum absolute atomic E-state index is 13.5. The van der Waals surface area contributed by atoms with Crippen LogP contribution in [0.1, 0.15) is 37.7 Å². The van der Waals surface area contributed by atoms with Crippen molar-refractivity contribution in [1.82, 2.24) is 9.80 Å². The van der Waals surface area contributed by atoms with Crippen molar-refractivity contribution in [2.24, 2.45) is 0 Å². The first-order valence-corrected chi connectivity index (χ1v) is 11.3. The number of nitrogens with zero attached hydrogens (tertiary/aromatic N) is 2. The number of amides is 2. The average Bonchev–Trinajstić information content (AvgIpc) is 2.89. The second kappa shape index (κ2) is 7.58. The standard InChI is InChI=1S/C19H25FN2O4S/c1-27(25,26)12-6-17(23)21-10-8-19(9-11-21)7-5-18(24)22(19)14-15-3-2-4-16(20)13-15/h2-4,13H,5-12,14H2,1H3. The molecule has 148 valence electrons. The minimum atomic E-state index is -3.17. The third-order valence-electron chi connectivity index (χ3n) is 5.64. The van der Waals surface area contributed by atoms with Gasteiger partial charge in [-0.2, -0.15) is 0 Å². The number of likely N-dealkylation sites (tertiary alicyclic amines) is 2. The molecule has 2 amide bonds. The zero-order valence-corrected chi connectivity index (χ0v) is 16.3. The smallest absolute Gasteiger partial charge is 0.223 e. The molecule has 0 atom stereocenters. The second-order valence-corrected chi connectivity index (χ2v) is 9.85. The minimum Gasteiger partial charge on any atom is -0.342 e. The molecule has 0 aliphatic carbocycles. The van der Waals surface area contributed by atoms with E-state index < -0.39 is 9.84 Å². The van der Waals surface area contributed by atoms with Crippen molar-refractivity contribution in [3.63, 3.8) is 0 Å². The molecule has 2 aliphatic heterocycles. The first-order chi connectivity index (χ1) is 12.7. The molecule has 6 nitrogen and oxygen atoms in total. The van der Waals surface area contributed by atoms with Gasteiger partial charge in [-0.1, -0.05) is 12.1 Å². The van der Waals surface area contributed by atoms with Crippen LogP contribution in [0.2, 0.25) is 0 Å². The van der Waals surface area contributed by atoms with Gasteiger partial charge in [0.1, 0.15) is 15.7 Å². The van der Waals surface area contributed by atoms with Gasteiger partial charge in [0, 0.05) is 44.3 Å². The highest BCUT2D eigenvalue weighted by atomic mass is 32.2. The van der Waals surface area contributed by atoms with Gasteiger partial charge in [0.15, 0.2) is 0 Å². The Bertz CT molecular complexity index is 832. The maximum atomic E-state index is 13.5. The van der Waals surface area contributed by atoms with Gasteiger partial charge in [0.25, 0.3) is 0 Å². The van der Waals surface area contributed by atoms with Crippen LogP contribution >= 0.6 is 0 Å². The van der Waals surface area contributed by atoms with Gasteiger partial charge in [0.2, 0.25) is 11.8 Å². The lowest BCUT2D eigenvalue weighted by Crippen LogP contribution is -2.54. The summed E-state index contributed by atoms with van der Waals surface area (Å²) in [6.45, 7) is 1.39. The van der Waals surface area contributed by atoms with Crippen LogP contribution in [-0.4, -0.2) is 60.7 Å². The number of rotatable bonds is 5. The number of hydrogen-bond acceptors (Lipinski definition) is 4. The maximum Gasteiger partial charge on any atom is 0.223 e. The Balaban J connectivity index is 1.64. The molecule has 8 heteroatoms. The largest absolute Gasteiger partial charge is 0.342 e. The summed E-state index contributed by atoms with van der Waals surface area (Å²) < 4.78 is 36.0. The molecule has 2 saturated heterocycles. The normalized spacial score (nSPS) is 19.7. The molecule has 2 fully saturated rings. The number of halogens is 1. The van der Waals surface area contributed by atoms with Crippen molar-refractivity contribution < 1.29 is 22.4 Å². The number of hydrogen-bond donors (Lipinski definition) is 0. The van der Waals surface area contributed by atoms with Crippen LogP contribution in [0.25, 0.3) is 0 Å². The summed E-state index contributed by atoms with van der Waals surface area (Å²) in [5, 5.41) is 0. The minimum absolute atomic E-state index is 0.00221. The molecule has 0 N–H and O–H groups in total. The molecule has 2 aliphatic rings. The van der Waals surface area contributed by atoms with E-state index in [9.17, 15) is 22.4 Å². The van der Waals surface area contributed by atoms with Crippen molar-refractivity contribution in [3.8, 4) is 0 Å². The van der Waals surface area contributed by atoms with E-state index >= 15 is 0 Å². The number of piperidine rings is 1. The Morgan fingerprint density at radius 2 is 1.93 bits per heavy atom. The topological polar surface area (TPSA) is 74.8 Å². The van der Waals surface area contributed by atoms with E-state index in [0.717, 1.165) is 18.2 Å². The monoisotopic (exact) mass is 396 g/mol. The Morgan fingerprint density at radius 3 is 2.56 bits per heavy atom. The van der Waals surface area contributed by atoms with Crippen molar-refractivity contribution in [2.45, 2.75) is 44.2 Å². The third-order valence-corrected chi connectivity index (χ3v) is 6.59. The highest BCUT2D eigenvalue weighted by Gasteiger charge is 2.47. The SMILES string of the molecule is CS(=O)(=O)CCC(=O)N1CCC2(CCC(=O)N2Cc2cccc(F)c2)CC1. The number of carbonyl (C=O) groups excluding carboxylic acids is 2. The predicted octanol–water partition coefficient (Wildman–Crippen LogP) is 1.74. The zero-order valence-electron chi connectivity index (χ0n) is 15.5. The Hall–Kier alpha value is -1.96. The van der Waals surface area contributed by atoms with Gasteiger partial charge in [-0.15, -0.1) is 0 Å². The number of sulfone groups is 1. The van der Waals surface area contributed by atoms with Crippen LogP contribution in [0.3, 0.4) is 0 Å². The Morgan fingerprint density at radius 1 is 1.22 bits per heavy atom. The predicted molar refractivity (Wildman–Crippen MR) is 99.1 cm³/mol. The van der Waals surface area contributed by atoms with Gasteiger partial charge < -0.3 is 9.80 Å². The molecule has 1 aromatic carbocycles. The van der Waals surface area contributed by atoms with Crippen LogP contribution in [0.4, 0.5) is 4.39 Å². The molecule has 0 aromatic heterocycles. The van der Waals surface area contributed by atoms with Crippen molar-refractivity contribution in [1.29, 1.82) is 0 Å². The molecular formula is C19H25FN2O4S. The van der Waals surface area contributed by atoms with Crippen LogP contribution in [0.5, 0.6) is 0 Å². The van der Waals surface area contributed by atoms with E-state index in [2.05, 4.69) is 0 Å². The summed E-state index contributed by atoms with van der Waals surface area (Å²) in [5.41, 5.74) is 0.466. The lowest BCUT2D eigenvalue weighted by Gasteiger charge is -2.45. The summed E-state index contributed by atoms with van der Waals surface area (Å²) in [6, 6.07) is 6.28. The molecule has 27 heavy (non-hydrogen) atoms. The Kier molecular flexibility index (Phi) is 5.55. The van der Waals surface area contributed by atoms with Crippen molar-refractivity contribution in [3.05, 3.63) is 35.6 Å². The molecule has 1 spiro atoms. The van der Waals surface area contributed by atoms with E-state index in [1.165, 1.54) is 12.1 Å². The summed E-state index contributed by atoms with van der Waals surface area (Å²) >= 11 is 0. The lowest BCUT2D eigenvalue weighted by atomic mass is 9.84. The highest BCUT2D eigenvalue weighted by molar-refractivity contribution is 7.90. The van der Waals surface area contributed by atoms with E-state index in [4.69, 9.17) is 0 Å². The fraction of sp³-hybridized carbons (Fsp3) is 0.579. The summed E-state index contributed by atoms with van der Waals surface area (Å²) in [6.07, 6.45) is 3.67. The lowest BCUT2D eigenvalue weighted by molar-refractivity contribution is -0.136. The van der Waals surface area contributed by atoms with Gasteiger partial charge in [0.05, 0.1) is 5.75 Å². The van der Waals surface area contributed by atoms with Crippen LogP contribution in [0.15, 0.2) is 24.3 Å². The van der Waals surface area contributed by atoms with Gasteiger partial charge in [-0.3, -0.25) is 9.59 Å². The molecule has 0 radical (unpaired) electrons. The van der Waals surface area contributed by atoms with E-state index in [1.54, 1.807) is 11.0 Å².